The van der Waals surface area contributed by atoms with Crippen molar-refractivity contribution >= 4 is 29.5 Å². The van der Waals surface area contributed by atoms with Crippen molar-refractivity contribution in [3.8, 4) is 0 Å². The molecule has 1 aromatic carbocycles. The van der Waals surface area contributed by atoms with Gasteiger partial charge in [-0.15, -0.1) is 0 Å². The van der Waals surface area contributed by atoms with E-state index in [0.717, 1.165) is 10.5 Å². The van der Waals surface area contributed by atoms with Crippen LogP contribution in [0, 0.1) is 0 Å². The number of halogens is 1. The molecule has 0 aliphatic carbocycles. The predicted octanol–water partition coefficient (Wildman–Crippen LogP) is 1.46. The molecule has 1 rings (SSSR count). The Morgan fingerprint density at radius 3 is 2.26 bits per heavy atom. The van der Waals surface area contributed by atoms with Gasteiger partial charge in [0, 0.05) is 18.6 Å². The second-order valence-electron chi connectivity index (χ2n) is 5.48. The van der Waals surface area contributed by atoms with Crippen LogP contribution in [0.4, 0.5) is 4.79 Å². The number of aliphatic carboxylic acids is 1. The van der Waals surface area contributed by atoms with Crippen LogP contribution in [0.3, 0.4) is 0 Å². The maximum Gasteiger partial charge on any atom is 0.329 e. The third-order valence-electron chi connectivity index (χ3n) is 3.50. The van der Waals surface area contributed by atoms with Crippen LogP contribution in [-0.4, -0.2) is 47.0 Å². The fraction of sp³-hybridized carbons (Fsp3) is 0.400. The minimum Gasteiger partial charge on any atom is -0.480 e. The average Bonchev–Trinajstić information content (AvgIpc) is 2.51. The van der Waals surface area contributed by atoms with Crippen LogP contribution in [0.15, 0.2) is 24.3 Å². The van der Waals surface area contributed by atoms with Gasteiger partial charge in [0.25, 0.3) is 0 Å². The van der Waals surface area contributed by atoms with E-state index < -0.39 is 23.4 Å². The molecule has 3 N–H and O–H groups in total. The maximum absolute atomic E-state index is 11.9. The molecule has 7 nitrogen and oxygen atoms in total. The van der Waals surface area contributed by atoms with Gasteiger partial charge in [0.1, 0.15) is 5.54 Å². The Morgan fingerprint density at radius 1 is 1.17 bits per heavy atom. The molecule has 3 amide bonds. The van der Waals surface area contributed by atoms with E-state index in [-0.39, 0.29) is 13.1 Å². The molecule has 0 aromatic heterocycles. The Kier molecular flexibility index (Phi) is 6.38. The summed E-state index contributed by atoms with van der Waals surface area (Å²) in [6.45, 7) is 2.81. The Hall–Kier alpha value is -2.28. The molecular weight excluding hydrogens is 322 g/mol. The predicted molar refractivity (Wildman–Crippen MR) is 86.2 cm³/mol. The Bertz CT molecular complexity index is 587. The smallest absolute Gasteiger partial charge is 0.329 e. The number of carboxylic acids is 1. The molecule has 0 unspecified atom stereocenters. The first-order chi connectivity index (χ1) is 10.6. The topological polar surface area (TPSA) is 98.7 Å². The number of rotatable bonds is 6. The number of carboxylic acid groups (broad SMARTS) is 1. The van der Waals surface area contributed by atoms with E-state index in [4.69, 9.17) is 16.7 Å². The molecule has 0 heterocycles. The summed E-state index contributed by atoms with van der Waals surface area (Å²) in [4.78, 5) is 35.7. The van der Waals surface area contributed by atoms with Crippen LogP contribution in [0.2, 0.25) is 5.02 Å². The standard InChI is InChI=1S/C15H20ClN3O4/c1-15(2,13(21)22)19(3)12(20)9-18-14(23)17-8-10-4-6-11(16)7-5-10/h4-7H,8-9H2,1-3H3,(H,21,22)(H2,17,18,23). The number of carbonyl (C=O) groups is 3. The van der Waals surface area contributed by atoms with Crippen LogP contribution in [-0.2, 0) is 16.1 Å². The van der Waals surface area contributed by atoms with Crippen LogP contribution < -0.4 is 10.6 Å². The first-order valence-corrected chi connectivity index (χ1v) is 7.28. The third kappa shape index (κ3) is 5.45. The van der Waals surface area contributed by atoms with Crippen molar-refractivity contribution in [2.24, 2.45) is 0 Å². The Morgan fingerprint density at radius 2 is 1.74 bits per heavy atom. The molecule has 0 fully saturated rings. The van der Waals surface area contributed by atoms with Crippen molar-refractivity contribution in [2.75, 3.05) is 13.6 Å². The van der Waals surface area contributed by atoms with Crippen LogP contribution in [0.5, 0.6) is 0 Å². The summed E-state index contributed by atoms with van der Waals surface area (Å²) in [5.41, 5.74) is -0.488. The molecule has 8 heteroatoms. The lowest BCUT2D eigenvalue weighted by atomic mass is 10.0. The lowest BCUT2D eigenvalue weighted by molar-refractivity contribution is -0.154. The van der Waals surface area contributed by atoms with Crippen molar-refractivity contribution in [3.05, 3.63) is 34.9 Å². The molecule has 0 saturated heterocycles. The van der Waals surface area contributed by atoms with Crippen molar-refractivity contribution in [3.63, 3.8) is 0 Å². The number of likely N-dealkylation sites (N-methyl/N-ethyl adjacent to an activating group) is 1. The average molecular weight is 342 g/mol. The fourth-order valence-electron chi connectivity index (χ4n) is 1.58. The first-order valence-electron chi connectivity index (χ1n) is 6.90. The van der Waals surface area contributed by atoms with Gasteiger partial charge in [0.15, 0.2) is 0 Å². The summed E-state index contributed by atoms with van der Waals surface area (Å²) in [5.74, 6) is -1.63. The van der Waals surface area contributed by atoms with Crippen molar-refractivity contribution in [1.82, 2.24) is 15.5 Å². The number of nitrogens with one attached hydrogen (secondary N) is 2. The van der Waals surface area contributed by atoms with E-state index >= 15 is 0 Å². The van der Waals surface area contributed by atoms with E-state index in [1.165, 1.54) is 20.9 Å². The highest BCUT2D eigenvalue weighted by molar-refractivity contribution is 6.30. The Labute approximate surface area is 139 Å². The maximum atomic E-state index is 11.9. The number of amides is 3. The highest BCUT2D eigenvalue weighted by Crippen LogP contribution is 2.12. The molecule has 0 saturated carbocycles. The summed E-state index contributed by atoms with van der Waals surface area (Å²) in [7, 11) is 1.38. The SMILES string of the molecule is CN(C(=O)CNC(=O)NCc1ccc(Cl)cc1)C(C)(C)C(=O)O. The van der Waals surface area contributed by atoms with Gasteiger partial charge in [-0.25, -0.2) is 9.59 Å². The highest BCUT2D eigenvalue weighted by atomic mass is 35.5. The van der Waals surface area contributed by atoms with E-state index in [9.17, 15) is 14.4 Å². The van der Waals surface area contributed by atoms with Gasteiger partial charge in [-0.05, 0) is 31.5 Å². The molecule has 0 aliphatic heterocycles. The van der Waals surface area contributed by atoms with Crippen molar-refractivity contribution in [2.45, 2.75) is 25.9 Å². The largest absolute Gasteiger partial charge is 0.480 e. The summed E-state index contributed by atoms with van der Waals surface area (Å²) in [6.07, 6.45) is 0. The van der Waals surface area contributed by atoms with Gasteiger partial charge in [-0.3, -0.25) is 4.79 Å². The second kappa shape index (κ2) is 7.82. The number of hydrogen-bond donors (Lipinski definition) is 3. The van der Waals surface area contributed by atoms with Gasteiger partial charge in [-0.2, -0.15) is 0 Å². The number of hydrogen-bond acceptors (Lipinski definition) is 3. The molecule has 23 heavy (non-hydrogen) atoms. The zero-order valence-electron chi connectivity index (χ0n) is 13.2. The monoisotopic (exact) mass is 341 g/mol. The van der Waals surface area contributed by atoms with Gasteiger partial charge < -0.3 is 20.6 Å². The lowest BCUT2D eigenvalue weighted by Gasteiger charge is -2.31. The normalized spacial score (nSPS) is 10.8. The van der Waals surface area contributed by atoms with Crippen LogP contribution in [0.25, 0.3) is 0 Å². The number of nitrogens with zero attached hydrogens (tertiary/aromatic N) is 1. The van der Waals surface area contributed by atoms with E-state index in [2.05, 4.69) is 10.6 Å². The van der Waals surface area contributed by atoms with E-state index in [0.29, 0.717) is 5.02 Å². The number of urea groups is 1. The summed E-state index contributed by atoms with van der Waals surface area (Å²) in [5, 5.41) is 14.7. The summed E-state index contributed by atoms with van der Waals surface area (Å²) in [6, 6.07) is 6.45. The minimum absolute atomic E-state index is 0.285. The zero-order chi connectivity index (χ0) is 17.6. The summed E-state index contributed by atoms with van der Waals surface area (Å²) < 4.78 is 0. The quantitative estimate of drug-likeness (QED) is 0.729. The molecule has 0 aliphatic rings. The first kappa shape index (κ1) is 18.8. The molecule has 0 radical (unpaired) electrons. The second-order valence-corrected chi connectivity index (χ2v) is 5.92. The molecule has 0 atom stereocenters. The summed E-state index contributed by atoms with van der Waals surface area (Å²) >= 11 is 5.76. The molecule has 0 spiro atoms. The molecule has 126 valence electrons. The third-order valence-corrected chi connectivity index (χ3v) is 3.75. The van der Waals surface area contributed by atoms with Crippen LogP contribution in [0.1, 0.15) is 19.4 Å². The van der Waals surface area contributed by atoms with Crippen molar-refractivity contribution in [1.29, 1.82) is 0 Å². The van der Waals surface area contributed by atoms with Crippen molar-refractivity contribution < 1.29 is 19.5 Å². The van der Waals surface area contributed by atoms with Gasteiger partial charge in [0.2, 0.25) is 5.91 Å². The van der Waals surface area contributed by atoms with Gasteiger partial charge in [-0.1, -0.05) is 23.7 Å². The number of benzene rings is 1. The van der Waals surface area contributed by atoms with Gasteiger partial charge >= 0.3 is 12.0 Å². The van der Waals surface area contributed by atoms with Crippen LogP contribution >= 0.6 is 11.6 Å². The minimum atomic E-state index is -1.35. The number of carbonyl (C=O) groups excluding carboxylic acids is 2. The highest BCUT2D eigenvalue weighted by Gasteiger charge is 2.34. The van der Waals surface area contributed by atoms with Gasteiger partial charge in [0.05, 0.1) is 6.54 Å². The molecular formula is C15H20ClN3O4. The molecule has 0 bridgehead atoms. The van der Waals surface area contributed by atoms with E-state index in [1.807, 2.05) is 0 Å². The zero-order valence-corrected chi connectivity index (χ0v) is 14.0. The Balaban J connectivity index is 2.42. The molecule has 1 aromatic rings. The fourth-order valence-corrected chi connectivity index (χ4v) is 1.70. The van der Waals surface area contributed by atoms with E-state index in [1.54, 1.807) is 24.3 Å². The lowest BCUT2D eigenvalue weighted by Crippen LogP contribution is -2.53.